The molecule has 1 N–H and O–H groups in total. The van der Waals surface area contributed by atoms with Crippen LogP contribution in [0.25, 0.3) is 0 Å². The number of benzene rings is 1. The van der Waals surface area contributed by atoms with Crippen molar-refractivity contribution in [3.63, 3.8) is 0 Å². The van der Waals surface area contributed by atoms with E-state index in [-0.39, 0.29) is 11.9 Å². The molecule has 19 heavy (non-hydrogen) atoms. The maximum absolute atomic E-state index is 13.4. The lowest BCUT2D eigenvalue weighted by molar-refractivity contribution is 0.352. The van der Waals surface area contributed by atoms with Gasteiger partial charge in [0.15, 0.2) is 0 Å². The number of halogens is 1. The van der Waals surface area contributed by atoms with Crippen LogP contribution in [0.15, 0.2) is 29.8 Å². The highest BCUT2D eigenvalue weighted by Crippen LogP contribution is 2.26. The zero-order valence-corrected chi connectivity index (χ0v) is 12.3. The second-order valence-corrected chi connectivity index (χ2v) is 4.95. The topological polar surface area (TPSA) is 21.3 Å². The SMILES string of the molecule is CCCNC(C)c1cc(F)ccc1OCC=C(C)C. The van der Waals surface area contributed by atoms with E-state index in [1.165, 1.54) is 11.6 Å². The molecule has 0 radical (unpaired) electrons. The molecule has 1 aromatic carbocycles. The zero-order valence-electron chi connectivity index (χ0n) is 12.3. The van der Waals surface area contributed by atoms with Gasteiger partial charge >= 0.3 is 0 Å². The van der Waals surface area contributed by atoms with Gasteiger partial charge in [-0.15, -0.1) is 0 Å². The van der Waals surface area contributed by atoms with Gasteiger partial charge in [-0.3, -0.25) is 0 Å². The number of allylic oxidation sites excluding steroid dienone is 1. The van der Waals surface area contributed by atoms with E-state index < -0.39 is 0 Å². The molecule has 0 aromatic heterocycles. The number of ether oxygens (including phenoxy) is 1. The van der Waals surface area contributed by atoms with Crippen LogP contribution in [0.1, 0.15) is 45.7 Å². The second kappa shape index (κ2) is 7.95. The Morgan fingerprint density at radius 3 is 2.79 bits per heavy atom. The lowest BCUT2D eigenvalue weighted by Gasteiger charge is -2.18. The summed E-state index contributed by atoms with van der Waals surface area (Å²) >= 11 is 0. The monoisotopic (exact) mass is 265 g/mol. The third-order valence-corrected chi connectivity index (χ3v) is 2.87. The van der Waals surface area contributed by atoms with Gasteiger partial charge in [-0.25, -0.2) is 4.39 Å². The number of hydrogen-bond donors (Lipinski definition) is 1. The van der Waals surface area contributed by atoms with Crippen LogP contribution >= 0.6 is 0 Å². The van der Waals surface area contributed by atoms with Crippen LogP contribution in [0.5, 0.6) is 5.75 Å². The normalized spacial score (nSPS) is 12.1. The third kappa shape index (κ3) is 5.43. The number of nitrogens with one attached hydrogen (secondary N) is 1. The maximum Gasteiger partial charge on any atom is 0.124 e. The molecular formula is C16H24FNO. The Bertz CT molecular complexity index is 425. The number of rotatable bonds is 7. The molecule has 0 aliphatic carbocycles. The molecule has 1 rings (SSSR count). The van der Waals surface area contributed by atoms with Gasteiger partial charge in [0.1, 0.15) is 18.2 Å². The zero-order chi connectivity index (χ0) is 14.3. The van der Waals surface area contributed by atoms with Gasteiger partial charge in [0, 0.05) is 11.6 Å². The highest BCUT2D eigenvalue weighted by atomic mass is 19.1. The lowest BCUT2D eigenvalue weighted by atomic mass is 10.1. The van der Waals surface area contributed by atoms with E-state index in [1.54, 1.807) is 12.1 Å². The first kappa shape index (κ1) is 15.7. The maximum atomic E-state index is 13.4. The third-order valence-electron chi connectivity index (χ3n) is 2.87. The quantitative estimate of drug-likeness (QED) is 0.745. The Balaban J connectivity index is 2.81. The molecule has 1 aromatic rings. The van der Waals surface area contributed by atoms with E-state index in [1.807, 2.05) is 26.8 Å². The van der Waals surface area contributed by atoms with Crippen LogP contribution in [0.4, 0.5) is 4.39 Å². The molecule has 2 nitrogen and oxygen atoms in total. The van der Waals surface area contributed by atoms with Crippen molar-refractivity contribution < 1.29 is 9.13 Å². The minimum absolute atomic E-state index is 0.0809. The summed E-state index contributed by atoms with van der Waals surface area (Å²) in [5, 5.41) is 3.35. The van der Waals surface area contributed by atoms with Crippen LogP contribution < -0.4 is 10.1 Å². The van der Waals surface area contributed by atoms with Gasteiger partial charge in [0.2, 0.25) is 0 Å². The predicted octanol–water partition coefficient (Wildman–Crippen LogP) is 4.23. The van der Waals surface area contributed by atoms with Crippen molar-refractivity contribution in [3.8, 4) is 5.75 Å². The van der Waals surface area contributed by atoms with Gasteiger partial charge in [0.05, 0.1) is 0 Å². The highest BCUT2D eigenvalue weighted by Gasteiger charge is 2.12. The first-order valence-electron chi connectivity index (χ1n) is 6.83. The minimum Gasteiger partial charge on any atom is -0.489 e. The fraction of sp³-hybridized carbons (Fsp3) is 0.500. The Kier molecular flexibility index (Phi) is 6.57. The highest BCUT2D eigenvalue weighted by molar-refractivity contribution is 5.36. The average Bonchev–Trinajstić information content (AvgIpc) is 2.37. The van der Waals surface area contributed by atoms with Gasteiger partial charge in [-0.1, -0.05) is 12.5 Å². The van der Waals surface area contributed by atoms with Crippen molar-refractivity contribution in [1.29, 1.82) is 0 Å². The van der Waals surface area contributed by atoms with Crippen molar-refractivity contribution in [2.24, 2.45) is 0 Å². The molecule has 1 unspecified atom stereocenters. The van der Waals surface area contributed by atoms with Gasteiger partial charge in [0.25, 0.3) is 0 Å². The van der Waals surface area contributed by atoms with E-state index in [9.17, 15) is 4.39 Å². The molecule has 0 fully saturated rings. The molecule has 106 valence electrons. The lowest BCUT2D eigenvalue weighted by Crippen LogP contribution is -2.20. The fourth-order valence-corrected chi connectivity index (χ4v) is 1.76. The first-order chi connectivity index (χ1) is 9.04. The summed E-state index contributed by atoms with van der Waals surface area (Å²) in [6.07, 6.45) is 3.06. The largest absolute Gasteiger partial charge is 0.489 e. The second-order valence-electron chi connectivity index (χ2n) is 4.95. The Morgan fingerprint density at radius 2 is 2.16 bits per heavy atom. The fourth-order valence-electron chi connectivity index (χ4n) is 1.76. The van der Waals surface area contributed by atoms with E-state index >= 15 is 0 Å². The summed E-state index contributed by atoms with van der Waals surface area (Å²) < 4.78 is 19.1. The van der Waals surface area contributed by atoms with Crippen molar-refractivity contribution >= 4 is 0 Å². The van der Waals surface area contributed by atoms with Crippen LogP contribution in [0.2, 0.25) is 0 Å². The molecule has 0 heterocycles. The van der Waals surface area contributed by atoms with Crippen molar-refractivity contribution in [3.05, 3.63) is 41.2 Å². The Morgan fingerprint density at radius 1 is 1.42 bits per heavy atom. The van der Waals surface area contributed by atoms with Gasteiger partial charge < -0.3 is 10.1 Å². The number of hydrogen-bond acceptors (Lipinski definition) is 2. The van der Waals surface area contributed by atoms with Crippen LogP contribution in [0, 0.1) is 5.82 Å². The summed E-state index contributed by atoms with van der Waals surface area (Å²) in [6.45, 7) is 9.61. The first-order valence-corrected chi connectivity index (χ1v) is 6.83. The van der Waals surface area contributed by atoms with Gasteiger partial charge in [-0.05, 0) is 58.0 Å². The molecule has 0 saturated carbocycles. The van der Waals surface area contributed by atoms with Crippen LogP contribution in [-0.4, -0.2) is 13.2 Å². The predicted molar refractivity (Wildman–Crippen MR) is 78.0 cm³/mol. The minimum atomic E-state index is -0.227. The van der Waals surface area contributed by atoms with Gasteiger partial charge in [-0.2, -0.15) is 0 Å². The molecule has 0 amide bonds. The van der Waals surface area contributed by atoms with E-state index in [2.05, 4.69) is 12.2 Å². The summed E-state index contributed by atoms with van der Waals surface area (Å²) in [5.74, 6) is 0.518. The summed E-state index contributed by atoms with van der Waals surface area (Å²) in [4.78, 5) is 0. The standard InChI is InChI=1S/C16H24FNO/c1-5-9-18-13(4)15-11-14(17)6-7-16(15)19-10-8-12(2)3/h6-8,11,13,18H,5,9-10H2,1-4H3. The van der Waals surface area contributed by atoms with E-state index in [0.717, 1.165) is 24.3 Å². The molecule has 1 atom stereocenters. The van der Waals surface area contributed by atoms with E-state index in [4.69, 9.17) is 4.74 Å². The smallest absolute Gasteiger partial charge is 0.124 e. The van der Waals surface area contributed by atoms with Crippen molar-refractivity contribution in [2.45, 2.75) is 40.2 Å². The average molecular weight is 265 g/mol. The van der Waals surface area contributed by atoms with Crippen molar-refractivity contribution in [2.75, 3.05) is 13.2 Å². The molecule has 0 aliphatic heterocycles. The molecule has 0 aliphatic rings. The van der Waals surface area contributed by atoms with E-state index in [0.29, 0.717) is 6.61 Å². The Labute approximate surface area is 115 Å². The molecule has 0 saturated heterocycles. The summed E-state index contributed by atoms with van der Waals surface area (Å²) in [7, 11) is 0. The van der Waals surface area contributed by atoms with Crippen LogP contribution in [0.3, 0.4) is 0 Å². The molecule has 0 bridgehead atoms. The molecule has 3 heteroatoms. The molecular weight excluding hydrogens is 241 g/mol. The summed E-state index contributed by atoms with van der Waals surface area (Å²) in [6, 6.07) is 4.77. The Hall–Kier alpha value is -1.35. The summed E-state index contributed by atoms with van der Waals surface area (Å²) in [5.41, 5.74) is 2.08. The molecule has 0 spiro atoms. The van der Waals surface area contributed by atoms with Crippen molar-refractivity contribution in [1.82, 2.24) is 5.32 Å². The van der Waals surface area contributed by atoms with Crippen LogP contribution in [-0.2, 0) is 0 Å².